The van der Waals surface area contributed by atoms with E-state index in [1.165, 1.54) is 0 Å². The number of carbonyl (C=O) groups excluding carboxylic acids is 1. The topological polar surface area (TPSA) is 62.5 Å². The predicted molar refractivity (Wildman–Crippen MR) is 98.5 cm³/mol. The van der Waals surface area contributed by atoms with Gasteiger partial charge in [-0.25, -0.2) is 4.98 Å². The Bertz CT molecular complexity index is 668. The average molecular weight is 326 g/mol. The Kier molecular flexibility index (Phi) is 5.57. The molecule has 0 fully saturated rings. The van der Waals surface area contributed by atoms with Crippen molar-refractivity contribution in [2.75, 3.05) is 32.1 Å². The fourth-order valence-electron chi connectivity index (χ4n) is 2.49. The molecule has 0 aliphatic carbocycles. The molecule has 5 heteroatoms. The van der Waals surface area contributed by atoms with Crippen LogP contribution in [0.2, 0.25) is 0 Å². The Labute approximate surface area is 144 Å². The van der Waals surface area contributed by atoms with Crippen molar-refractivity contribution >= 4 is 17.4 Å². The molecule has 0 atom stereocenters. The van der Waals surface area contributed by atoms with Crippen molar-refractivity contribution < 1.29 is 4.79 Å². The van der Waals surface area contributed by atoms with E-state index >= 15 is 0 Å². The van der Waals surface area contributed by atoms with Crippen LogP contribution in [0.25, 0.3) is 0 Å². The summed E-state index contributed by atoms with van der Waals surface area (Å²) in [6.45, 7) is 5.23. The van der Waals surface area contributed by atoms with E-state index in [1.54, 1.807) is 18.1 Å². The quantitative estimate of drug-likeness (QED) is 0.886. The smallest absolute Gasteiger partial charge is 0.255 e. The van der Waals surface area contributed by atoms with Crippen LogP contribution >= 0.6 is 0 Å². The number of hydrogen-bond donors (Lipinski definition) is 1. The molecule has 0 aliphatic heterocycles. The summed E-state index contributed by atoms with van der Waals surface area (Å²) in [6, 6.07) is 13.7. The van der Waals surface area contributed by atoms with Crippen molar-refractivity contribution in [3.8, 4) is 0 Å². The molecule has 0 radical (unpaired) electrons. The van der Waals surface area contributed by atoms with Gasteiger partial charge in [0.05, 0.1) is 5.56 Å². The summed E-state index contributed by atoms with van der Waals surface area (Å²) in [7, 11) is 3.75. The molecule has 0 saturated heterocycles. The van der Waals surface area contributed by atoms with E-state index in [0.29, 0.717) is 18.7 Å². The largest absolute Gasteiger partial charge is 0.341 e. The molecule has 0 saturated carbocycles. The maximum Gasteiger partial charge on any atom is 0.255 e. The lowest BCUT2D eigenvalue weighted by molar-refractivity contribution is 0.0740. The van der Waals surface area contributed by atoms with Crippen molar-refractivity contribution in [3.63, 3.8) is 0 Å². The van der Waals surface area contributed by atoms with Gasteiger partial charge in [0.2, 0.25) is 0 Å². The van der Waals surface area contributed by atoms with Crippen molar-refractivity contribution in [1.29, 1.82) is 0 Å². The van der Waals surface area contributed by atoms with Crippen molar-refractivity contribution in [2.24, 2.45) is 11.1 Å². The highest BCUT2D eigenvalue weighted by Gasteiger charge is 2.22. The van der Waals surface area contributed by atoms with Crippen LogP contribution in [0.15, 0.2) is 48.7 Å². The zero-order chi connectivity index (χ0) is 17.7. The number of para-hydroxylation sites is 1. The molecule has 0 bridgehead atoms. The minimum absolute atomic E-state index is 0.0436. The first kappa shape index (κ1) is 17.9. The van der Waals surface area contributed by atoms with Gasteiger partial charge in [0.25, 0.3) is 5.91 Å². The first-order valence-corrected chi connectivity index (χ1v) is 8.04. The number of amides is 1. The number of carbonyl (C=O) groups is 1. The van der Waals surface area contributed by atoms with Gasteiger partial charge in [0.15, 0.2) is 0 Å². The van der Waals surface area contributed by atoms with Gasteiger partial charge in [-0.3, -0.25) is 4.79 Å². The Hall–Kier alpha value is -2.40. The summed E-state index contributed by atoms with van der Waals surface area (Å²) in [6.07, 6.45) is 1.63. The fraction of sp³-hybridized carbons (Fsp3) is 0.368. The second-order valence-electron chi connectivity index (χ2n) is 6.83. The third kappa shape index (κ3) is 4.32. The third-order valence-electron chi connectivity index (χ3n) is 4.05. The molecule has 24 heavy (non-hydrogen) atoms. The fourth-order valence-corrected chi connectivity index (χ4v) is 2.49. The van der Waals surface area contributed by atoms with Crippen LogP contribution in [0.4, 0.5) is 11.5 Å². The Morgan fingerprint density at radius 1 is 1.12 bits per heavy atom. The second-order valence-corrected chi connectivity index (χ2v) is 6.83. The summed E-state index contributed by atoms with van der Waals surface area (Å²) >= 11 is 0. The van der Waals surface area contributed by atoms with Crippen LogP contribution in [0.1, 0.15) is 24.2 Å². The van der Waals surface area contributed by atoms with Crippen molar-refractivity contribution in [1.82, 2.24) is 9.88 Å². The zero-order valence-corrected chi connectivity index (χ0v) is 14.9. The number of benzene rings is 1. The molecule has 1 aromatic carbocycles. The minimum atomic E-state index is -0.106. The summed E-state index contributed by atoms with van der Waals surface area (Å²) < 4.78 is 0. The monoisotopic (exact) mass is 326 g/mol. The molecule has 2 N–H and O–H groups in total. The number of nitrogens with zero attached hydrogens (tertiary/aromatic N) is 3. The third-order valence-corrected chi connectivity index (χ3v) is 4.05. The van der Waals surface area contributed by atoms with Gasteiger partial charge >= 0.3 is 0 Å². The van der Waals surface area contributed by atoms with E-state index in [1.807, 2.05) is 68.3 Å². The van der Waals surface area contributed by atoms with Crippen LogP contribution < -0.4 is 10.6 Å². The highest BCUT2D eigenvalue weighted by atomic mass is 16.2. The summed E-state index contributed by atoms with van der Waals surface area (Å²) in [4.78, 5) is 20.6. The first-order valence-electron chi connectivity index (χ1n) is 8.04. The standard InChI is InChI=1S/C19H26N4O/c1-19(2,13-20)14-22(3)18(24)15-10-11-17(21-12-15)23(4)16-8-6-5-7-9-16/h5-12H,13-14,20H2,1-4H3. The van der Waals surface area contributed by atoms with Crippen LogP contribution in [0, 0.1) is 5.41 Å². The number of hydrogen-bond acceptors (Lipinski definition) is 4. The second kappa shape index (κ2) is 7.45. The molecule has 2 aromatic rings. The van der Waals surface area contributed by atoms with Gasteiger partial charge in [0, 0.05) is 32.5 Å². The van der Waals surface area contributed by atoms with Gasteiger partial charge in [-0.15, -0.1) is 0 Å². The lowest BCUT2D eigenvalue weighted by atomic mass is 9.93. The molecule has 128 valence electrons. The SMILES string of the molecule is CN(CC(C)(C)CN)C(=O)c1ccc(N(C)c2ccccc2)nc1. The number of anilines is 2. The predicted octanol–water partition coefficient (Wildman–Crippen LogP) is 2.91. The summed E-state index contributed by atoms with van der Waals surface area (Å²) in [5.74, 6) is 0.751. The van der Waals surface area contributed by atoms with Gasteiger partial charge < -0.3 is 15.5 Å². The molecular weight excluding hydrogens is 300 g/mol. The number of aromatic nitrogens is 1. The van der Waals surface area contributed by atoms with Crippen molar-refractivity contribution in [2.45, 2.75) is 13.8 Å². The summed E-state index contributed by atoms with van der Waals surface area (Å²) in [5, 5.41) is 0. The van der Waals surface area contributed by atoms with E-state index in [9.17, 15) is 4.79 Å². The number of rotatable bonds is 6. The first-order chi connectivity index (χ1) is 11.3. The minimum Gasteiger partial charge on any atom is -0.341 e. The maximum atomic E-state index is 12.5. The molecule has 1 aromatic heterocycles. The highest BCUT2D eigenvalue weighted by Crippen LogP contribution is 2.21. The summed E-state index contributed by atoms with van der Waals surface area (Å²) in [5.41, 5.74) is 7.27. The molecule has 0 aliphatic rings. The van der Waals surface area contributed by atoms with E-state index in [0.717, 1.165) is 11.5 Å². The van der Waals surface area contributed by atoms with Crippen LogP contribution in [0.3, 0.4) is 0 Å². The van der Waals surface area contributed by atoms with Crippen molar-refractivity contribution in [3.05, 3.63) is 54.2 Å². The molecule has 1 heterocycles. The van der Waals surface area contributed by atoms with Gasteiger partial charge in [-0.2, -0.15) is 0 Å². The number of nitrogens with two attached hydrogens (primary N) is 1. The normalized spacial score (nSPS) is 11.2. The molecule has 2 rings (SSSR count). The van der Waals surface area contributed by atoms with Crippen LogP contribution in [0.5, 0.6) is 0 Å². The van der Waals surface area contributed by atoms with E-state index in [2.05, 4.69) is 4.98 Å². The molecule has 0 unspecified atom stereocenters. The highest BCUT2D eigenvalue weighted by molar-refractivity contribution is 5.94. The Morgan fingerprint density at radius 3 is 2.33 bits per heavy atom. The Balaban J connectivity index is 2.10. The molecular formula is C19H26N4O. The molecule has 0 spiro atoms. The van der Waals surface area contributed by atoms with Crippen LogP contribution in [-0.4, -0.2) is 43.0 Å². The van der Waals surface area contributed by atoms with E-state index < -0.39 is 0 Å². The van der Waals surface area contributed by atoms with Gasteiger partial charge in [-0.05, 0) is 36.2 Å². The van der Waals surface area contributed by atoms with Gasteiger partial charge in [0.1, 0.15) is 5.82 Å². The Morgan fingerprint density at radius 2 is 1.79 bits per heavy atom. The lowest BCUT2D eigenvalue weighted by Crippen LogP contribution is -2.39. The molecule has 5 nitrogen and oxygen atoms in total. The molecule has 1 amide bonds. The van der Waals surface area contributed by atoms with Crippen LogP contribution in [-0.2, 0) is 0 Å². The lowest BCUT2D eigenvalue weighted by Gasteiger charge is -2.29. The van der Waals surface area contributed by atoms with E-state index in [-0.39, 0.29) is 11.3 Å². The van der Waals surface area contributed by atoms with Gasteiger partial charge in [-0.1, -0.05) is 32.0 Å². The zero-order valence-electron chi connectivity index (χ0n) is 14.9. The average Bonchev–Trinajstić information content (AvgIpc) is 2.61. The number of pyridine rings is 1. The van der Waals surface area contributed by atoms with E-state index in [4.69, 9.17) is 5.73 Å². The maximum absolute atomic E-state index is 12.5.